The summed E-state index contributed by atoms with van der Waals surface area (Å²) in [5.41, 5.74) is 1.43. The maximum absolute atomic E-state index is 10.8. The van der Waals surface area contributed by atoms with Gasteiger partial charge in [0.15, 0.2) is 0 Å². The molecule has 2 heterocycles. The van der Waals surface area contributed by atoms with Gasteiger partial charge in [-0.25, -0.2) is 5.10 Å². The van der Waals surface area contributed by atoms with E-state index >= 15 is 0 Å². The smallest absolute Gasteiger partial charge is 0.264 e. The highest BCUT2D eigenvalue weighted by Gasteiger charge is 2.01. The van der Waals surface area contributed by atoms with Crippen LogP contribution in [-0.2, 0) is 6.54 Å². The van der Waals surface area contributed by atoms with Crippen molar-refractivity contribution in [3.8, 4) is 11.3 Å². The second kappa shape index (κ2) is 3.45. The van der Waals surface area contributed by atoms with E-state index in [4.69, 9.17) is 0 Å². The zero-order valence-electron chi connectivity index (χ0n) is 7.77. The van der Waals surface area contributed by atoms with Gasteiger partial charge in [-0.1, -0.05) is 0 Å². The third kappa shape index (κ3) is 1.56. The van der Waals surface area contributed by atoms with E-state index in [-0.39, 0.29) is 5.56 Å². The van der Waals surface area contributed by atoms with Gasteiger partial charge in [-0.3, -0.25) is 9.48 Å². The van der Waals surface area contributed by atoms with Crippen molar-refractivity contribution in [3.63, 3.8) is 0 Å². The van der Waals surface area contributed by atoms with Crippen molar-refractivity contribution in [2.75, 3.05) is 0 Å². The number of aromatic nitrogens is 4. The topological polar surface area (TPSA) is 63.6 Å². The highest BCUT2D eigenvalue weighted by atomic mass is 16.1. The van der Waals surface area contributed by atoms with Crippen molar-refractivity contribution in [2.24, 2.45) is 0 Å². The molecule has 0 amide bonds. The van der Waals surface area contributed by atoms with Gasteiger partial charge in [0.25, 0.3) is 5.56 Å². The number of aryl methyl sites for hydroxylation is 1. The minimum atomic E-state index is -0.198. The summed E-state index contributed by atoms with van der Waals surface area (Å²) >= 11 is 0. The van der Waals surface area contributed by atoms with Crippen LogP contribution in [0.3, 0.4) is 0 Å². The standard InChI is InChI=1S/C9H10N4O/c1-2-13-6-7(5-10-13)8-3-4-9(14)12-11-8/h3-6H,2H2,1H3,(H,12,14). The number of hydrogen-bond donors (Lipinski definition) is 1. The molecule has 2 rings (SSSR count). The van der Waals surface area contributed by atoms with Crippen LogP contribution in [0, 0.1) is 0 Å². The number of nitrogens with zero attached hydrogens (tertiary/aromatic N) is 3. The molecule has 5 heteroatoms. The quantitative estimate of drug-likeness (QED) is 0.756. The molecule has 0 aliphatic carbocycles. The van der Waals surface area contributed by atoms with Crippen LogP contribution in [0.4, 0.5) is 0 Å². The van der Waals surface area contributed by atoms with E-state index in [9.17, 15) is 4.79 Å². The SMILES string of the molecule is CCn1cc(-c2ccc(=O)[nH]n2)cn1. The van der Waals surface area contributed by atoms with Gasteiger partial charge >= 0.3 is 0 Å². The van der Waals surface area contributed by atoms with Gasteiger partial charge in [-0.05, 0) is 13.0 Å². The second-order valence-electron chi connectivity index (χ2n) is 2.89. The first kappa shape index (κ1) is 8.68. The largest absolute Gasteiger partial charge is 0.272 e. The molecule has 72 valence electrons. The summed E-state index contributed by atoms with van der Waals surface area (Å²) in [5, 5.41) is 10.4. The molecule has 0 unspecified atom stereocenters. The molecule has 0 fully saturated rings. The summed E-state index contributed by atoms with van der Waals surface area (Å²) in [5.74, 6) is 0. The van der Waals surface area contributed by atoms with E-state index in [2.05, 4.69) is 15.3 Å². The molecule has 0 aromatic carbocycles. The third-order valence-corrected chi connectivity index (χ3v) is 1.93. The van der Waals surface area contributed by atoms with E-state index in [0.29, 0.717) is 0 Å². The van der Waals surface area contributed by atoms with Gasteiger partial charge in [0, 0.05) is 24.4 Å². The summed E-state index contributed by atoms with van der Waals surface area (Å²) < 4.78 is 1.81. The van der Waals surface area contributed by atoms with Crippen molar-refractivity contribution in [3.05, 3.63) is 34.9 Å². The van der Waals surface area contributed by atoms with Crippen molar-refractivity contribution >= 4 is 0 Å². The molecule has 0 saturated heterocycles. The predicted molar refractivity (Wildman–Crippen MR) is 51.8 cm³/mol. The first-order chi connectivity index (χ1) is 6.79. The van der Waals surface area contributed by atoms with Gasteiger partial charge in [0.1, 0.15) is 0 Å². The Morgan fingerprint density at radius 3 is 2.93 bits per heavy atom. The van der Waals surface area contributed by atoms with E-state index in [1.54, 1.807) is 12.3 Å². The maximum atomic E-state index is 10.8. The Labute approximate surface area is 80.4 Å². The molecule has 5 nitrogen and oxygen atoms in total. The van der Waals surface area contributed by atoms with Crippen LogP contribution < -0.4 is 5.56 Å². The number of rotatable bonds is 2. The number of H-pyrrole nitrogens is 1. The van der Waals surface area contributed by atoms with Crippen molar-refractivity contribution in [2.45, 2.75) is 13.5 Å². The van der Waals surface area contributed by atoms with E-state index < -0.39 is 0 Å². The fourth-order valence-electron chi connectivity index (χ4n) is 1.17. The average molecular weight is 190 g/mol. The Hall–Kier alpha value is -1.91. The molecular weight excluding hydrogens is 180 g/mol. The molecule has 2 aromatic rings. The molecular formula is C9H10N4O. The van der Waals surface area contributed by atoms with Gasteiger partial charge in [-0.15, -0.1) is 0 Å². The Balaban J connectivity index is 2.39. The van der Waals surface area contributed by atoms with Crippen LogP contribution in [0.1, 0.15) is 6.92 Å². The molecule has 0 radical (unpaired) electrons. The van der Waals surface area contributed by atoms with Crippen LogP contribution in [-0.4, -0.2) is 20.0 Å². The fourth-order valence-corrected chi connectivity index (χ4v) is 1.17. The molecule has 0 aliphatic rings. The summed E-state index contributed by atoms with van der Waals surface area (Å²) in [4.78, 5) is 10.8. The van der Waals surface area contributed by atoms with Crippen LogP contribution in [0.25, 0.3) is 11.3 Å². The van der Waals surface area contributed by atoms with Crippen molar-refractivity contribution < 1.29 is 0 Å². The average Bonchev–Trinajstić information content (AvgIpc) is 2.67. The van der Waals surface area contributed by atoms with Crippen LogP contribution in [0.5, 0.6) is 0 Å². The lowest BCUT2D eigenvalue weighted by Crippen LogP contribution is -2.05. The summed E-state index contributed by atoms with van der Waals surface area (Å²) in [7, 11) is 0. The van der Waals surface area contributed by atoms with Crippen molar-refractivity contribution in [1.82, 2.24) is 20.0 Å². The molecule has 1 N–H and O–H groups in total. The van der Waals surface area contributed by atoms with E-state index in [1.807, 2.05) is 17.8 Å². The first-order valence-electron chi connectivity index (χ1n) is 4.38. The number of aromatic amines is 1. The minimum absolute atomic E-state index is 0.198. The molecule has 0 atom stereocenters. The summed E-state index contributed by atoms with van der Waals surface area (Å²) in [6, 6.07) is 3.13. The fraction of sp³-hybridized carbons (Fsp3) is 0.222. The Kier molecular flexibility index (Phi) is 2.14. The Bertz CT molecular complexity index is 465. The van der Waals surface area contributed by atoms with Gasteiger partial charge < -0.3 is 0 Å². The van der Waals surface area contributed by atoms with Crippen molar-refractivity contribution in [1.29, 1.82) is 0 Å². The van der Waals surface area contributed by atoms with Crippen LogP contribution >= 0.6 is 0 Å². The molecule has 0 saturated carbocycles. The van der Waals surface area contributed by atoms with E-state index in [0.717, 1.165) is 17.8 Å². The molecule has 0 aliphatic heterocycles. The number of hydrogen-bond acceptors (Lipinski definition) is 3. The number of nitrogens with one attached hydrogen (secondary N) is 1. The maximum Gasteiger partial charge on any atom is 0.264 e. The normalized spacial score (nSPS) is 10.4. The van der Waals surface area contributed by atoms with Crippen LogP contribution in [0.2, 0.25) is 0 Å². The van der Waals surface area contributed by atoms with Crippen LogP contribution in [0.15, 0.2) is 29.3 Å². The monoisotopic (exact) mass is 190 g/mol. The highest BCUT2D eigenvalue weighted by Crippen LogP contribution is 2.12. The highest BCUT2D eigenvalue weighted by molar-refractivity contribution is 5.55. The molecule has 0 spiro atoms. The third-order valence-electron chi connectivity index (χ3n) is 1.93. The Morgan fingerprint density at radius 2 is 2.36 bits per heavy atom. The second-order valence-corrected chi connectivity index (χ2v) is 2.89. The lowest BCUT2D eigenvalue weighted by Gasteiger charge is -1.93. The van der Waals surface area contributed by atoms with Gasteiger partial charge in [0.2, 0.25) is 0 Å². The van der Waals surface area contributed by atoms with E-state index in [1.165, 1.54) is 6.07 Å². The first-order valence-corrected chi connectivity index (χ1v) is 4.38. The minimum Gasteiger partial charge on any atom is -0.272 e. The van der Waals surface area contributed by atoms with Gasteiger partial charge in [-0.2, -0.15) is 10.2 Å². The molecule has 2 aromatic heterocycles. The molecule has 14 heavy (non-hydrogen) atoms. The summed E-state index contributed by atoms with van der Waals surface area (Å²) in [6.45, 7) is 2.83. The Morgan fingerprint density at radius 1 is 1.50 bits per heavy atom. The summed E-state index contributed by atoms with van der Waals surface area (Å²) in [6.07, 6.45) is 3.62. The molecule has 0 bridgehead atoms. The lowest BCUT2D eigenvalue weighted by molar-refractivity contribution is 0.660. The zero-order chi connectivity index (χ0) is 9.97. The predicted octanol–water partition coefficient (Wildman–Crippen LogP) is 0.653. The van der Waals surface area contributed by atoms with Gasteiger partial charge in [0.05, 0.1) is 11.9 Å². The zero-order valence-corrected chi connectivity index (χ0v) is 7.77. The lowest BCUT2D eigenvalue weighted by atomic mass is 10.2.